The number of benzene rings is 1. The van der Waals surface area contributed by atoms with Crippen molar-refractivity contribution in [1.29, 1.82) is 0 Å². The van der Waals surface area contributed by atoms with Crippen LogP contribution in [-0.2, 0) is 17.1 Å². The third kappa shape index (κ3) is 2.70. The molecule has 0 atom stereocenters. The van der Waals surface area contributed by atoms with Crippen molar-refractivity contribution in [1.82, 2.24) is 9.38 Å². The summed E-state index contributed by atoms with van der Waals surface area (Å²) in [6.07, 6.45) is 3.74. The highest BCUT2D eigenvalue weighted by Crippen LogP contribution is 2.36. The molecule has 0 radical (unpaired) electrons. The Morgan fingerprint density at radius 3 is 3.17 bits per heavy atom. The summed E-state index contributed by atoms with van der Waals surface area (Å²) >= 11 is 1.51. The number of aromatic nitrogens is 2. The maximum absolute atomic E-state index is 11.1. The van der Waals surface area contributed by atoms with Crippen LogP contribution >= 0.6 is 11.8 Å². The molecule has 0 fully saturated rings. The van der Waals surface area contributed by atoms with E-state index in [0.717, 1.165) is 16.2 Å². The van der Waals surface area contributed by atoms with Crippen LogP contribution in [0.3, 0.4) is 0 Å². The van der Waals surface area contributed by atoms with Crippen LogP contribution in [0.25, 0.3) is 5.52 Å². The van der Waals surface area contributed by atoms with Crippen LogP contribution in [0.2, 0.25) is 0 Å². The van der Waals surface area contributed by atoms with Crippen molar-refractivity contribution in [2.45, 2.75) is 17.5 Å². The molecule has 8 heteroatoms. The summed E-state index contributed by atoms with van der Waals surface area (Å²) in [6.45, 7) is 0.482. The lowest BCUT2D eigenvalue weighted by Crippen LogP contribution is -2.13. The van der Waals surface area contributed by atoms with E-state index >= 15 is 0 Å². The normalized spacial score (nSPS) is 13.5. The second-order valence-corrected chi connectivity index (χ2v) is 6.23. The van der Waals surface area contributed by atoms with Crippen LogP contribution in [0.5, 0.6) is 5.75 Å². The molecule has 0 N–H and O–H groups in total. The quantitative estimate of drug-likeness (QED) is 0.410. The first-order chi connectivity index (χ1) is 11.7. The number of nitro benzene ring substituents is 1. The Kier molecular flexibility index (Phi) is 3.83. The molecule has 2 aromatic heterocycles. The lowest BCUT2D eigenvalue weighted by molar-refractivity contribution is -0.385. The summed E-state index contributed by atoms with van der Waals surface area (Å²) in [5.41, 5.74) is 2.54. The topological polar surface area (TPSA) is 78.9 Å². The molecular weight excluding hydrogens is 330 g/mol. The highest BCUT2D eigenvalue weighted by Gasteiger charge is 2.21. The minimum atomic E-state index is -0.395. The number of nitrogens with zero attached hydrogens (tertiary/aromatic N) is 3. The predicted molar refractivity (Wildman–Crippen MR) is 88.1 cm³/mol. The molecule has 0 spiro atoms. The average Bonchev–Trinajstić information content (AvgIpc) is 3.02. The van der Waals surface area contributed by atoms with E-state index < -0.39 is 4.92 Å². The first kappa shape index (κ1) is 15.0. The highest BCUT2D eigenvalue weighted by molar-refractivity contribution is 7.98. The van der Waals surface area contributed by atoms with E-state index in [1.54, 1.807) is 12.3 Å². The van der Waals surface area contributed by atoms with E-state index in [1.807, 2.05) is 28.8 Å². The third-order valence-electron chi connectivity index (χ3n) is 3.74. The Morgan fingerprint density at radius 1 is 1.38 bits per heavy atom. The minimum absolute atomic E-state index is 0.0476. The van der Waals surface area contributed by atoms with Crippen LogP contribution < -0.4 is 4.74 Å². The standard InChI is InChI=1S/C16H13N3O4S/c20-19(21)14-5-11-8-22-10-23-15(11)12(6-14)9-24-16-17-7-13-3-1-2-4-18(13)16/h1-7H,8-10H2. The van der Waals surface area contributed by atoms with Crippen molar-refractivity contribution in [3.8, 4) is 5.75 Å². The molecule has 4 rings (SSSR count). The van der Waals surface area contributed by atoms with E-state index in [9.17, 15) is 10.1 Å². The van der Waals surface area contributed by atoms with Gasteiger partial charge in [-0.3, -0.25) is 14.5 Å². The van der Waals surface area contributed by atoms with Crippen molar-refractivity contribution >= 4 is 23.0 Å². The smallest absolute Gasteiger partial charge is 0.270 e. The minimum Gasteiger partial charge on any atom is -0.467 e. The fourth-order valence-electron chi connectivity index (χ4n) is 2.66. The first-order valence-corrected chi connectivity index (χ1v) is 8.26. The molecular formula is C16H13N3O4S. The molecule has 7 nitrogen and oxygen atoms in total. The number of fused-ring (bicyclic) bond motifs is 2. The lowest BCUT2D eigenvalue weighted by Gasteiger charge is -2.20. The van der Waals surface area contributed by atoms with E-state index in [2.05, 4.69) is 4.98 Å². The Morgan fingerprint density at radius 2 is 2.29 bits per heavy atom. The molecule has 0 unspecified atom stereocenters. The van der Waals surface area contributed by atoms with Crippen molar-refractivity contribution in [3.63, 3.8) is 0 Å². The van der Waals surface area contributed by atoms with Gasteiger partial charge in [0.2, 0.25) is 0 Å². The van der Waals surface area contributed by atoms with Gasteiger partial charge in [0.1, 0.15) is 5.75 Å². The zero-order chi connectivity index (χ0) is 16.5. The monoisotopic (exact) mass is 343 g/mol. The average molecular weight is 343 g/mol. The molecule has 1 aromatic carbocycles. The maximum Gasteiger partial charge on any atom is 0.270 e. The van der Waals surface area contributed by atoms with Crippen LogP contribution in [0, 0.1) is 10.1 Å². The lowest BCUT2D eigenvalue weighted by atomic mass is 10.1. The van der Waals surface area contributed by atoms with Gasteiger partial charge in [0.25, 0.3) is 5.69 Å². The van der Waals surface area contributed by atoms with Gasteiger partial charge in [-0.05, 0) is 12.1 Å². The molecule has 122 valence electrons. The van der Waals surface area contributed by atoms with Gasteiger partial charge in [-0.15, -0.1) is 0 Å². The summed E-state index contributed by atoms with van der Waals surface area (Å²) in [5, 5.41) is 12.0. The number of non-ortho nitro benzene ring substituents is 1. The van der Waals surface area contributed by atoms with E-state index in [-0.39, 0.29) is 12.5 Å². The second kappa shape index (κ2) is 6.14. The Labute approximate surface area is 141 Å². The number of rotatable bonds is 4. The van der Waals surface area contributed by atoms with Gasteiger partial charge in [0, 0.05) is 35.2 Å². The molecule has 1 aliphatic rings. The molecule has 24 heavy (non-hydrogen) atoms. The van der Waals surface area contributed by atoms with Gasteiger partial charge in [0.15, 0.2) is 11.9 Å². The van der Waals surface area contributed by atoms with Crippen molar-refractivity contribution in [2.75, 3.05) is 6.79 Å². The van der Waals surface area contributed by atoms with E-state index in [0.29, 0.717) is 23.7 Å². The number of nitro groups is 1. The molecule has 0 bridgehead atoms. The van der Waals surface area contributed by atoms with Crippen LogP contribution in [0.1, 0.15) is 11.1 Å². The maximum atomic E-state index is 11.1. The second-order valence-electron chi connectivity index (χ2n) is 5.29. The van der Waals surface area contributed by atoms with Gasteiger partial charge in [-0.1, -0.05) is 17.8 Å². The first-order valence-electron chi connectivity index (χ1n) is 7.28. The SMILES string of the molecule is O=[N+]([O-])c1cc2c(c(CSc3ncc4ccccn34)c1)OCOC2. The number of ether oxygens (including phenoxy) is 2. The fraction of sp³-hybridized carbons (Fsp3) is 0.188. The van der Waals surface area contributed by atoms with Crippen molar-refractivity contribution in [3.05, 3.63) is 64.0 Å². The number of imidazole rings is 1. The number of hydrogen-bond donors (Lipinski definition) is 0. The van der Waals surface area contributed by atoms with E-state index in [4.69, 9.17) is 9.47 Å². The van der Waals surface area contributed by atoms with Gasteiger partial charge in [-0.25, -0.2) is 4.98 Å². The molecule has 1 aliphatic heterocycles. The highest BCUT2D eigenvalue weighted by atomic mass is 32.2. The molecule has 0 aliphatic carbocycles. The molecule has 3 heterocycles. The van der Waals surface area contributed by atoms with Gasteiger partial charge < -0.3 is 9.47 Å². The van der Waals surface area contributed by atoms with E-state index in [1.165, 1.54) is 17.8 Å². The largest absolute Gasteiger partial charge is 0.467 e. The summed E-state index contributed by atoms with van der Waals surface area (Å²) < 4.78 is 12.8. The molecule has 0 saturated carbocycles. The number of thioether (sulfide) groups is 1. The molecule has 0 amide bonds. The van der Waals surface area contributed by atoms with Crippen molar-refractivity contribution in [2.24, 2.45) is 0 Å². The molecule has 0 saturated heterocycles. The predicted octanol–water partition coefficient (Wildman–Crippen LogP) is 3.40. The Balaban J connectivity index is 1.66. The number of hydrogen-bond acceptors (Lipinski definition) is 6. The fourth-order valence-corrected chi connectivity index (χ4v) is 3.59. The van der Waals surface area contributed by atoms with Crippen molar-refractivity contribution < 1.29 is 14.4 Å². The van der Waals surface area contributed by atoms with Gasteiger partial charge >= 0.3 is 0 Å². The zero-order valence-corrected chi connectivity index (χ0v) is 13.4. The van der Waals surface area contributed by atoms with Crippen LogP contribution in [0.15, 0.2) is 47.9 Å². The molecule has 3 aromatic rings. The Hall–Kier alpha value is -2.58. The number of pyridine rings is 1. The third-order valence-corrected chi connectivity index (χ3v) is 4.76. The summed E-state index contributed by atoms with van der Waals surface area (Å²) in [6, 6.07) is 8.94. The van der Waals surface area contributed by atoms with Gasteiger partial charge in [0.05, 0.1) is 23.2 Å². The summed E-state index contributed by atoms with van der Waals surface area (Å²) in [7, 11) is 0. The Bertz CT molecular complexity index is 925. The summed E-state index contributed by atoms with van der Waals surface area (Å²) in [5.74, 6) is 1.21. The summed E-state index contributed by atoms with van der Waals surface area (Å²) in [4.78, 5) is 15.2. The van der Waals surface area contributed by atoms with Gasteiger partial charge in [-0.2, -0.15) is 0 Å². The zero-order valence-electron chi connectivity index (χ0n) is 12.5. The van der Waals surface area contributed by atoms with Crippen LogP contribution in [-0.4, -0.2) is 21.1 Å². The van der Waals surface area contributed by atoms with Crippen LogP contribution in [0.4, 0.5) is 5.69 Å².